The van der Waals surface area contributed by atoms with Crippen LogP contribution < -0.4 is 20.1 Å². The number of nitrogens with zero attached hydrogens (tertiary/aromatic N) is 1. The zero-order valence-electron chi connectivity index (χ0n) is 15.7. The molecule has 0 saturated heterocycles. The first-order chi connectivity index (χ1) is 13.0. The van der Waals surface area contributed by atoms with Gasteiger partial charge in [-0.3, -0.25) is 4.99 Å². The highest BCUT2D eigenvalue weighted by molar-refractivity contribution is 5.80. The number of hydrogen-bond donors (Lipinski definition) is 2. The molecule has 146 valence electrons. The summed E-state index contributed by atoms with van der Waals surface area (Å²) in [5, 5.41) is 6.52. The summed E-state index contributed by atoms with van der Waals surface area (Å²) in [5.41, 5.74) is 2.00. The van der Waals surface area contributed by atoms with Crippen molar-refractivity contribution in [2.45, 2.75) is 33.0 Å². The van der Waals surface area contributed by atoms with Crippen LogP contribution in [0.2, 0.25) is 0 Å². The minimum Gasteiger partial charge on any atom is -0.490 e. The zero-order chi connectivity index (χ0) is 19.6. The summed E-state index contributed by atoms with van der Waals surface area (Å²) in [5.74, 6) is 0.950. The van der Waals surface area contributed by atoms with E-state index < -0.39 is 6.61 Å². The number of ether oxygens (including phenoxy) is 2. The summed E-state index contributed by atoms with van der Waals surface area (Å²) in [7, 11) is 1.69. The Labute approximate surface area is 158 Å². The molecule has 5 nitrogen and oxygen atoms in total. The van der Waals surface area contributed by atoms with Gasteiger partial charge in [0.1, 0.15) is 0 Å². The topological polar surface area (TPSA) is 54.9 Å². The number of halogens is 2. The third-order valence-corrected chi connectivity index (χ3v) is 3.86. The molecule has 0 radical (unpaired) electrons. The first kappa shape index (κ1) is 20.5. The van der Waals surface area contributed by atoms with Gasteiger partial charge in [0.2, 0.25) is 0 Å². The van der Waals surface area contributed by atoms with Gasteiger partial charge >= 0.3 is 6.61 Å². The van der Waals surface area contributed by atoms with Crippen molar-refractivity contribution in [1.82, 2.24) is 10.6 Å². The van der Waals surface area contributed by atoms with E-state index in [0.29, 0.717) is 19.1 Å². The molecular formula is C20H25F2N3O2. The molecule has 0 aliphatic carbocycles. The average molecular weight is 377 g/mol. The van der Waals surface area contributed by atoms with Crippen molar-refractivity contribution >= 4 is 5.96 Å². The smallest absolute Gasteiger partial charge is 0.387 e. The van der Waals surface area contributed by atoms with Gasteiger partial charge in [-0.1, -0.05) is 36.4 Å². The van der Waals surface area contributed by atoms with Crippen molar-refractivity contribution in [3.8, 4) is 11.5 Å². The molecule has 0 heterocycles. The van der Waals surface area contributed by atoms with Crippen LogP contribution >= 0.6 is 0 Å². The standard InChI is InChI=1S/C20H25F2N3O2/c1-4-26-18-12-15(10-11-17(18)27-19(21)22)13-24-20(23-3)25-14(2)16-8-6-5-7-9-16/h5-12,14,19H,4,13H2,1-3H3,(H2,23,24,25). The summed E-state index contributed by atoms with van der Waals surface area (Å²) in [6.07, 6.45) is 0. The highest BCUT2D eigenvalue weighted by Crippen LogP contribution is 2.29. The molecule has 0 amide bonds. The molecule has 0 aliphatic heterocycles. The van der Waals surface area contributed by atoms with E-state index in [1.54, 1.807) is 26.1 Å². The van der Waals surface area contributed by atoms with Crippen molar-refractivity contribution in [2.75, 3.05) is 13.7 Å². The van der Waals surface area contributed by atoms with Crippen molar-refractivity contribution < 1.29 is 18.3 Å². The summed E-state index contributed by atoms with van der Waals surface area (Å²) < 4.78 is 34.9. The van der Waals surface area contributed by atoms with Crippen LogP contribution in [0.5, 0.6) is 11.5 Å². The van der Waals surface area contributed by atoms with E-state index in [0.717, 1.165) is 11.1 Å². The lowest BCUT2D eigenvalue weighted by molar-refractivity contribution is -0.0514. The lowest BCUT2D eigenvalue weighted by Crippen LogP contribution is -2.38. The predicted molar refractivity (Wildman–Crippen MR) is 102 cm³/mol. The minimum absolute atomic E-state index is 0.0239. The van der Waals surface area contributed by atoms with Gasteiger partial charge in [-0.25, -0.2) is 0 Å². The van der Waals surface area contributed by atoms with Gasteiger partial charge in [-0.15, -0.1) is 0 Å². The summed E-state index contributed by atoms with van der Waals surface area (Å²) in [6, 6.07) is 15.0. The molecule has 2 rings (SSSR count). The normalized spacial score (nSPS) is 12.6. The highest BCUT2D eigenvalue weighted by Gasteiger charge is 2.12. The lowest BCUT2D eigenvalue weighted by Gasteiger charge is -2.19. The van der Waals surface area contributed by atoms with E-state index in [1.165, 1.54) is 6.07 Å². The number of nitrogens with one attached hydrogen (secondary N) is 2. The Morgan fingerprint density at radius 2 is 1.85 bits per heavy atom. The SMILES string of the molecule is CCOc1cc(CNC(=NC)NC(C)c2ccccc2)ccc1OC(F)F. The molecule has 2 aromatic carbocycles. The number of aliphatic imine (C=N–C) groups is 1. The first-order valence-corrected chi connectivity index (χ1v) is 8.76. The Bertz CT molecular complexity index is 739. The second kappa shape index (κ2) is 10.4. The van der Waals surface area contributed by atoms with Crippen molar-refractivity contribution in [3.05, 3.63) is 59.7 Å². The average Bonchev–Trinajstić information content (AvgIpc) is 2.67. The van der Waals surface area contributed by atoms with Crippen molar-refractivity contribution in [3.63, 3.8) is 0 Å². The van der Waals surface area contributed by atoms with Gasteiger partial charge in [0.05, 0.1) is 12.6 Å². The van der Waals surface area contributed by atoms with Crippen LogP contribution in [0.25, 0.3) is 0 Å². The molecule has 2 N–H and O–H groups in total. The summed E-state index contributed by atoms with van der Waals surface area (Å²) in [6.45, 7) is 1.75. The van der Waals surface area contributed by atoms with Gasteiger partial charge in [-0.2, -0.15) is 8.78 Å². The van der Waals surface area contributed by atoms with Crippen molar-refractivity contribution in [1.29, 1.82) is 0 Å². The molecular weight excluding hydrogens is 352 g/mol. The van der Waals surface area contributed by atoms with Crippen LogP contribution in [-0.2, 0) is 6.54 Å². The van der Waals surface area contributed by atoms with Crippen molar-refractivity contribution in [2.24, 2.45) is 4.99 Å². The van der Waals surface area contributed by atoms with Gasteiger partial charge in [0.15, 0.2) is 17.5 Å². The summed E-state index contributed by atoms with van der Waals surface area (Å²) in [4.78, 5) is 4.22. The van der Waals surface area contributed by atoms with Crippen LogP contribution in [0, 0.1) is 0 Å². The molecule has 1 atom stereocenters. The second-order valence-corrected chi connectivity index (χ2v) is 5.80. The van der Waals surface area contributed by atoms with Crippen LogP contribution in [0.1, 0.15) is 31.0 Å². The van der Waals surface area contributed by atoms with E-state index >= 15 is 0 Å². The summed E-state index contributed by atoms with van der Waals surface area (Å²) >= 11 is 0. The monoisotopic (exact) mass is 377 g/mol. The fourth-order valence-corrected chi connectivity index (χ4v) is 2.53. The quantitative estimate of drug-likeness (QED) is 0.537. The molecule has 27 heavy (non-hydrogen) atoms. The molecule has 0 aromatic heterocycles. The van der Waals surface area contributed by atoms with Crippen LogP contribution in [0.3, 0.4) is 0 Å². The maximum Gasteiger partial charge on any atom is 0.387 e. The molecule has 0 aliphatic rings. The predicted octanol–water partition coefficient (Wildman–Crippen LogP) is 4.11. The maximum absolute atomic E-state index is 12.5. The van der Waals surface area contributed by atoms with Gasteiger partial charge < -0.3 is 20.1 Å². The molecule has 0 saturated carbocycles. The fourth-order valence-electron chi connectivity index (χ4n) is 2.53. The molecule has 1 unspecified atom stereocenters. The van der Waals surface area contributed by atoms with Gasteiger partial charge in [0.25, 0.3) is 0 Å². The lowest BCUT2D eigenvalue weighted by atomic mass is 10.1. The third-order valence-electron chi connectivity index (χ3n) is 3.86. The van der Waals surface area contributed by atoms with E-state index in [-0.39, 0.29) is 17.5 Å². The number of alkyl halides is 2. The molecule has 0 bridgehead atoms. The molecule has 0 spiro atoms. The minimum atomic E-state index is -2.89. The Balaban J connectivity index is 2.00. The fraction of sp³-hybridized carbons (Fsp3) is 0.350. The maximum atomic E-state index is 12.5. The van der Waals surface area contributed by atoms with E-state index in [9.17, 15) is 8.78 Å². The van der Waals surface area contributed by atoms with E-state index in [4.69, 9.17) is 4.74 Å². The number of rotatable bonds is 8. The van der Waals surface area contributed by atoms with Crippen LogP contribution in [-0.4, -0.2) is 26.2 Å². The first-order valence-electron chi connectivity index (χ1n) is 8.76. The molecule has 7 heteroatoms. The third kappa shape index (κ3) is 6.44. The van der Waals surface area contributed by atoms with Gasteiger partial charge in [0, 0.05) is 13.6 Å². The van der Waals surface area contributed by atoms with E-state index in [1.807, 2.05) is 37.3 Å². The molecule has 0 fully saturated rings. The van der Waals surface area contributed by atoms with Crippen LogP contribution in [0.15, 0.2) is 53.5 Å². The second-order valence-electron chi connectivity index (χ2n) is 5.80. The number of guanidine groups is 1. The Morgan fingerprint density at radius 1 is 1.11 bits per heavy atom. The largest absolute Gasteiger partial charge is 0.490 e. The van der Waals surface area contributed by atoms with Crippen LogP contribution in [0.4, 0.5) is 8.78 Å². The number of benzene rings is 2. The Kier molecular flexibility index (Phi) is 7.85. The molecule has 2 aromatic rings. The number of hydrogen-bond acceptors (Lipinski definition) is 3. The van der Waals surface area contributed by atoms with Gasteiger partial charge in [-0.05, 0) is 37.1 Å². The van der Waals surface area contributed by atoms with E-state index in [2.05, 4.69) is 20.4 Å². The Morgan fingerprint density at radius 3 is 2.48 bits per heavy atom. The zero-order valence-corrected chi connectivity index (χ0v) is 15.7. The Hall–Kier alpha value is -2.83. The highest BCUT2D eigenvalue weighted by atomic mass is 19.3.